The zero-order chi connectivity index (χ0) is 14.4. The second-order valence-electron chi connectivity index (χ2n) is 3.85. The average molecular weight is 286 g/mol. The van der Waals surface area contributed by atoms with Crippen molar-refractivity contribution in [3.05, 3.63) is 10.6 Å². The van der Waals surface area contributed by atoms with Crippen molar-refractivity contribution in [2.45, 2.75) is 27.2 Å². The minimum atomic E-state index is -0.850. The molecule has 0 aliphatic heterocycles. The highest BCUT2D eigenvalue weighted by molar-refractivity contribution is 7.17. The van der Waals surface area contributed by atoms with E-state index in [0.717, 1.165) is 0 Å². The van der Waals surface area contributed by atoms with Crippen molar-refractivity contribution in [3.63, 3.8) is 0 Å². The van der Waals surface area contributed by atoms with Gasteiger partial charge in [0.05, 0.1) is 18.7 Å². The number of carboxylic acid groups (broad SMARTS) is 1. The summed E-state index contributed by atoms with van der Waals surface area (Å²) in [6.07, 6.45) is 0.0429. The molecule has 0 bridgehead atoms. The fraction of sp³-hybridized carbons (Fsp3) is 0.583. The first-order chi connectivity index (χ1) is 8.99. The summed E-state index contributed by atoms with van der Waals surface area (Å²) in [6.45, 7) is 6.76. The highest BCUT2D eigenvalue weighted by Gasteiger charge is 2.19. The third-order valence-electron chi connectivity index (χ3n) is 2.49. The van der Waals surface area contributed by atoms with Gasteiger partial charge in [0.15, 0.2) is 5.13 Å². The maximum absolute atomic E-state index is 11.7. The summed E-state index contributed by atoms with van der Waals surface area (Å²) in [4.78, 5) is 28.9. The van der Waals surface area contributed by atoms with Crippen LogP contribution in [0.3, 0.4) is 0 Å². The quantitative estimate of drug-likeness (QED) is 0.771. The first-order valence-electron chi connectivity index (χ1n) is 6.10. The van der Waals surface area contributed by atoms with Gasteiger partial charge in [-0.05, 0) is 20.8 Å². The number of hydrogen-bond donors (Lipinski definition) is 1. The summed E-state index contributed by atoms with van der Waals surface area (Å²) in [6, 6.07) is 0. The van der Waals surface area contributed by atoms with Crippen LogP contribution in [0.15, 0.2) is 0 Å². The minimum absolute atomic E-state index is 0.0429. The van der Waals surface area contributed by atoms with E-state index >= 15 is 0 Å². The molecule has 0 aliphatic rings. The molecule has 0 amide bonds. The molecular formula is C12H18N2O4S. The van der Waals surface area contributed by atoms with Gasteiger partial charge in [0.25, 0.3) is 0 Å². The summed E-state index contributed by atoms with van der Waals surface area (Å²) in [5.41, 5.74) is 0.618. The van der Waals surface area contributed by atoms with Gasteiger partial charge in [-0.15, -0.1) is 0 Å². The van der Waals surface area contributed by atoms with Crippen molar-refractivity contribution in [1.82, 2.24) is 4.98 Å². The van der Waals surface area contributed by atoms with Crippen molar-refractivity contribution < 1.29 is 19.4 Å². The molecule has 0 fully saturated rings. The smallest absolute Gasteiger partial charge is 0.350 e. The molecule has 0 unspecified atom stereocenters. The van der Waals surface area contributed by atoms with Gasteiger partial charge in [-0.3, -0.25) is 4.79 Å². The Morgan fingerprint density at radius 1 is 1.42 bits per heavy atom. The molecule has 1 aromatic rings. The Bertz CT molecular complexity index is 459. The Kier molecular flexibility index (Phi) is 5.75. The molecule has 6 nitrogen and oxygen atoms in total. The number of rotatable bonds is 7. The third kappa shape index (κ3) is 4.20. The first kappa shape index (κ1) is 15.4. The van der Waals surface area contributed by atoms with Gasteiger partial charge in [-0.1, -0.05) is 11.3 Å². The Morgan fingerprint density at radius 3 is 2.63 bits per heavy atom. The minimum Gasteiger partial charge on any atom is -0.481 e. The monoisotopic (exact) mass is 286 g/mol. The maximum atomic E-state index is 11.7. The van der Waals surface area contributed by atoms with Gasteiger partial charge >= 0.3 is 11.9 Å². The molecule has 0 aliphatic carbocycles. The van der Waals surface area contributed by atoms with Gasteiger partial charge in [0.2, 0.25) is 0 Å². The fourth-order valence-electron chi connectivity index (χ4n) is 1.52. The Morgan fingerprint density at radius 2 is 2.11 bits per heavy atom. The zero-order valence-electron chi connectivity index (χ0n) is 11.3. The van der Waals surface area contributed by atoms with E-state index < -0.39 is 5.97 Å². The predicted molar refractivity (Wildman–Crippen MR) is 72.9 cm³/mol. The van der Waals surface area contributed by atoms with Crippen molar-refractivity contribution in [1.29, 1.82) is 0 Å². The molecule has 1 N–H and O–H groups in total. The van der Waals surface area contributed by atoms with Crippen LogP contribution < -0.4 is 4.90 Å². The lowest BCUT2D eigenvalue weighted by molar-refractivity contribution is -0.136. The SMILES string of the molecule is CCOC(=O)c1sc(N(CC)CCC(=O)O)nc1C. The number of aromatic nitrogens is 1. The van der Waals surface area contributed by atoms with Crippen LogP contribution in [0.25, 0.3) is 0 Å². The molecule has 1 aromatic heterocycles. The van der Waals surface area contributed by atoms with Crippen LogP contribution >= 0.6 is 11.3 Å². The number of carbonyl (C=O) groups is 2. The number of ether oxygens (including phenoxy) is 1. The number of carboxylic acids is 1. The molecule has 1 heterocycles. The van der Waals surface area contributed by atoms with Gasteiger partial charge in [0, 0.05) is 13.1 Å². The number of hydrogen-bond acceptors (Lipinski definition) is 6. The highest BCUT2D eigenvalue weighted by Crippen LogP contribution is 2.26. The van der Waals surface area contributed by atoms with Crippen molar-refractivity contribution in [2.24, 2.45) is 0 Å². The summed E-state index contributed by atoms with van der Waals surface area (Å²) in [5.74, 6) is -1.23. The first-order valence-corrected chi connectivity index (χ1v) is 6.92. The Labute approximate surface area is 116 Å². The molecule has 7 heteroatoms. The van der Waals surface area contributed by atoms with Crippen LogP contribution in [-0.2, 0) is 9.53 Å². The molecule has 0 spiro atoms. The fourth-order valence-corrected chi connectivity index (χ4v) is 2.57. The molecule has 106 valence electrons. The molecule has 0 saturated carbocycles. The number of aliphatic carboxylic acids is 1. The summed E-state index contributed by atoms with van der Waals surface area (Å²) >= 11 is 1.24. The van der Waals surface area contributed by atoms with Gasteiger partial charge in [-0.2, -0.15) is 0 Å². The summed E-state index contributed by atoms with van der Waals surface area (Å²) in [7, 11) is 0. The van der Waals surface area contributed by atoms with Gasteiger partial charge in [0.1, 0.15) is 4.88 Å². The van der Waals surface area contributed by atoms with Crippen LogP contribution in [0.2, 0.25) is 0 Å². The second-order valence-corrected chi connectivity index (χ2v) is 4.83. The molecule has 1 rings (SSSR count). The largest absolute Gasteiger partial charge is 0.481 e. The van der Waals surface area contributed by atoms with E-state index in [2.05, 4.69) is 4.98 Å². The Hall–Kier alpha value is -1.63. The number of aryl methyl sites for hydroxylation is 1. The second kappa shape index (κ2) is 7.08. The standard InChI is InChI=1S/C12H18N2O4S/c1-4-14(7-6-9(15)16)12-13-8(3)10(19-12)11(17)18-5-2/h4-7H2,1-3H3,(H,15,16). The predicted octanol–water partition coefficient (Wildman–Crippen LogP) is 1.93. The van der Waals surface area contributed by atoms with E-state index in [1.54, 1.807) is 13.8 Å². The van der Waals surface area contributed by atoms with E-state index in [0.29, 0.717) is 35.4 Å². The number of esters is 1. The van der Waals surface area contributed by atoms with Crippen molar-refractivity contribution in [3.8, 4) is 0 Å². The molecule has 0 atom stereocenters. The molecule has 0 radical (unpaired) electrons. The number of carbonyl (C=O) groups excluding carboxylic acids is 1. The lowest BCUT2D eigenvalue weighted by Crippen LogP contribution is -2.25. The zero-order valence-corrected chi connectivity index (χ0v) is 12.1. The van der Waals surface area contributed by atoms with E-state index in [4.69, 9.17) is 9.84 Å². The van der Waals surface area contributed by atoms with Crippen molar-refractivity contribution in [2.75, 3.05) is 24.6 Å². The van der Waals surface area contributed by atoms with Crippen LogP contribution in [0.5, 0.6) is 0 Å². The van der Waals surface area contributed by atoms with Crippen LogP contribution in [-0.4, -0.2) is 41.7 Å². The van der Waals surface area contributed by atoms with Crippen LogP contribution in [0.1, 0.15) is 35.6 Å². The number of nitrogens with zero attached hydrogens (tertiary/aromatic N) is 2. The normalized spacial score (nSPS) is 10.3. The maximum Gasteiger partial charge on any atom is 0.350 e. The van der Waals surface area contributed by atoms with Gasteiger partial charge < -0.3 is 14.7 Å². The van der Waals surface area contributed by atoms with E-state index in [1.807, 2.05) is 11.8 Å². The van der Waals surface area contributed by atoms with Gasteiger partial charge in [-0.25, -0.2) is 9.78 Å². The molecule has 0 aromatic carbocycles. The number of thiazole rings is 1. The Balaban J connectivity index is 2.85. The van der Waals surface area contributed by atoms with E-state index in [-0.39, 0.29) is 12.4 Å². The topological polar surface area (TPSA) is 79.7 Å². The molecular weight excluding hydrogens is 268 g/mol. The molecule has 19 heavy (non-hydrogen) atoms. The summed E-state index contributed by atoms with van der Waals surface area (Å²) in [5, 5.41) is 9.36. The summed E-state index contributed by atoms with van der Waals surface area (Å²) < 4.78 is 4.95. The lowest BCUT2D eigenvalue weighted by atomic mass is 10.4. The van der Waals surface area contributed by atoms with Crippen LogP contribution in [0, 0.1) is 6.92 Å². The molecule has 0 saturated heterocycles. The van der Waals surface area contributed by atoms with E-state index in [9.17, 15) is 9.59 Å². The van der Waals surface area contributed by atoms with E-state index in [1.165, 1.54) is 11.3 Å². The van der Waals surface area contributed by atoms with Crippen molar-refractivity contribution >= 4 is 28.4 Å². The lowest BCUT2D eigenvalue weighted by Gasteiger charge is -2.18. The third-order valence-corrected chi connectivity index (χ3v) is 3.69. The highest BCUT2D eigenvalue weighted by atomic mass is 32.1. The van der Waals surface area contributed by atoms with Crippen LogP contribution in [0.4, 0.5) is 5.13 Å². The number of anilines is 1. The average Bonchev–Trinajstić information content (AvgIpc) is 2.72.